The fourth-order valence-electron chi connectivity index (χ4n) is 6.05. The maximum Gasteiger partial charge on any atom is 0.224 e. The van der Waals surface area contributed by atoms with Crippen molar-refractivity contribution in [3.63, 3.8) is 0 Å². The van der Waals surface area contributed by atoms with Crippen LogP contribution in [0.15, 0.2) is 57.7 Å². The van der Waals surface area contributed by atoms with Crippen LogP contribution >= 0.6 is 0 Å². The largest absolute Gasteiger partial charge is 0.493 e. The fraction of sp³-hybridized carbons (Fsp3) is 0.343. The molecule has 2 N–H and O–H groups in total. The molecule has 10 heteroatoms. The molecule has 1 aliphatic carbocycles. The standard InChI is InChI=1S/C35H38N2O8/c1-20(38)37-27-13-12-22-16-29(42-3)34(43-4)35(44-5)31(22)24-17-25-26(19-30(40)36-14-9-15-41-2)32(21-10-7-6-8-11-21)45-33(25)28(39)18-23(24)27/h6-8,10-11,16-18,27H,9,12-15,19H2,1-5H3,(H,36,40)(H,37,38)/t27-/m0/s1. The number of methoxy groups -OCH3 is 4. The van der Waals surface area contributed by atoms with E-state index in [0.717, 1.165) is 11.1 Å². The van der Waals surface area contributed by atoms with Crippen molar-refractivity contribution >= 4 is 22.8 Å². The minimum Gasteiger partial charge on any atom is -0.493 e. The number of carbonyl (C=O) groups excluding carboxylic acids is 2. The first-order valence-electron chi connectivity index (χ1n) is 14.8. The van der Waals surface area contributed by atoms with Crippen LogP contribution in [-0.4, -0.2) is 53.4 Å². The highest BCUT2D eigenvalue weighted by atomic mass is 16.5. The van der Waals surface area contributed by atoms with Gasteiger partial charge in [-0.15, -0.1) is 0 Å². The predicted octanol–water partition coefficient (Wildman–Crippen LogP) is 4.97. The Labute approximate surface area is 261 Å². The van der Waals surface area contributed by atoms with Crippen LogP contribution in [0.3, 0.4) is 0 Å². The van der Waals surface area contributed by atoms with Crippen molar-refractivity contribution < 1.29 is 33.0 Å². The van der Waals surface area contributed by atoms with Gasteiger partial charge in [0, 0.05) is 49.3 Å². The Hall–Kier alpha value is -4.83. The molecule has 10 nitrogen and oxygen atoms in total. The van der Waals surface area contributed by atoms with Crippen LogP contribution in [-0.2, 0) is 27.2 Å². The highest BCUT2D eigenvalue weighted by Crippen LogP contribution is 2.51. The average molecular weight is 615 g/mol. The Kier molecular flexibility index (Phi) is 9.73. The maximum atomic E-state index is 14.0. The Balaban J connectivity index is 1.83. The summed E-state index contributed by atoms with van der Waals surface area (Å²) in [5.74, 6) is 1.35. The van der Waals surface area contributed by atoms with Gasteiger partial charge in [0.25, 0.3) is 0 Å². The normalized spacial score (nSPS) is 13.8. The maximum absolute atomic E-state index is 14.0. The molecule has 0 saturated carbocycles. The van der Waals surface area contributed by atoms with Gasteiger partial charge >= 0.3 is 0 Å². The summed E-state index contributed by atoms with van der Waals surface area (Å²) >= 11 is 0. The van der Waals surface area contributed by atoms with Gasteiger partial charge in [-0.25, -0.2) is 0 Å². The molecule has 2 amide bonds. The quantitative estimate of drug-likeness (QED) is 0.227. The lowest BCUT2D eigenvalue weighted by molar-refractivity contribution is -0.121. The third kappa shape index (κ3) is 6.37. The van der Waals surface area contributed by atoms with Gasteiger partial charge < -0.3 is 34.0 Å². The van der Waals surface area contributed by atoms with E-state index in [9.17, 15) is 14.4 Å². The zero-order valence-corrected chi connectivity index (χ0v) is 26.2. The van der Waals surface area contributed by atoms with Crippen LogP contribution in [0, 0.1) is 0 Å². The Bertz CT molecular complexity index is 1780. The lowest BCUT2D eigenvalue weighted by Crippen LogP contribution is -2.26. The number of fused-ring (bicyclic) bond motifs is 4. The third-order valence-corrected chi connectivity index (χ3v) is 8.02. The van der Waals surface area contributed by atoms with Crippen molar-refractivity contribution in [2.45, 2.75) is 38.6 Å². The second-order valence-electron chi connectivity index (χ2n) is 10.9. The summed E-state index contributed by atoms with van der Waals surface area (Å²) in [6, 6.07) is 14.2. The lowest BCUT2D eigenvalue weighted by atomic mass is 9.94. The molecule has 236 valence electrons. The average Bonchev–Trinajstić information content (AvgIpc) is 3.24. The van der Waals surface area contributed by atoms with Crippen molar-refractivity contribution in [2.24, 2.45) is 0 Å². The summed E-state index contributed by atoms with van der Waals surface area (Å²) in [6.45, 7) is 2.42. The van der Waals surface area contributed by atoms with Crippen molar-refractivity contribution in [3.8, 4) is 39.7 Å². The first kappa shape index (κ1) is 31.6. The fourth-order valence-corrected chi connectivity index (χ4v) is 6.05. The zero-order chi connectivity index (χ0) is 32.1. The zero-order valence-electron chi connectivity index (χ0n) is 26.2. The van der Waals surface area contributed by atoms with Crippen LogP contribution in [0.25, 0.3) is 33.4 Å². The second-order valence-corrected chi connectivity index (χ2v) is 10.9. The van der Waals surface area contributed by atoms with Gasteiger partial charge in [0.05, 0.1) is 33.8 Å². The first-order valence-corrected chi connectivity index (χ1v) is 14.8. The predicted molar refractivity (Wildman–Crippen MR) is 171 cm³/mol. The number of aryl methyl sites for hydroxylation is 1. The molecule has 0 radical (unpaired) electrons. The van der Waals surface area contributed by atoms with E-state index in [2.05, 4.69) is 10.6 Å². The van der Waals surface area contributed by atoms with E-state index in [1.54, 1.807) is 21.3 Å². The van der Waals surface area contributed by atoms with E-state index in [1.807, 2.05) is 42.5 Å². The second kappa shape index (κ2) is 13.9. The van der Waals surface area contributed by atoms with Crippen molar-refractivity contribution in [2.75, 3.05) is 41.6 Å². The van der Waals surface area contributed by atoms with Gasteiger partial charge in [-0.3, -0.25) is 14.4 Å². The summed E-state index contributed by atoms with van der Waals surface area (Å²) < 4.78 is 28.8. The SMILES string of the molecule is COCCCNC(=O)Cc1c(-c2ccccc2)oc2c(=O)cc3c(cc12)-c1c(cc(OC)c(OC)c1OC)CC[C@@H]3NC(C)=O. The topological polar surface area (TPSA) is 125 Å². The van der Waals surface area contributed by atoms with E-state index in [-0.39, 0.29) is 29.2 Å². The first-order chi connectivity index (χ1) is 21.8. The monoisotopic (exact) mass is 614 g/mol. The van der Waals surface area contributed by atoms with Gasteiger partial charge in [0.1, 0.15) is 5.76 Å². The molecular weight excluding hydrogens is 576 g/mol. The Morgan fingerprint density at radius 2 is 1.73 bits per heavy atom. The lowest BCUT2D eigenvalue weighted by Gasteiger charge is -2.20. The van der Waals surface area contributed by atoms with Crippen molar-refractivity contribution in [1.82, 2.24) is 10.6 Å². The Morgan fingerprint density at radius 3 is 2.40 bits per heavy atom. The molecule has 1 atom stereocenters. The minimum absolute atomic E-state index is 0.0204. The molecule has 0 bridgehead atoms. The number of rotatable bonds is 11. The molecule has 45 heavy (non-hydrogen) atoms. The van der Waals surface area contributed by atoms with E-state index >= 15 is 0 Å². The van der Waals surface area contributed by atoms with E-state index in [0.29, 0.717) is 83.1 Å². The van der Waals surface area contributed by atoms with Crippen LogP contribution < -0.4 is 30.3 Å². The third-order valence-electron chi connectivity index (χ3n) is 8.02. The molecule has 5 rings (SSSR count). The molecule has 0 aliphatic heterocycles. The molecule has 0 fully saturated rings. The summed E-state index contributed by atoms with van der Waals surface area (Å²) in [5, 5.41) is 6.47. The molecule has 1 aromatic heterocycles. The molecular formula is C35H38N2O8. The number of carbonyl (C=O) groups is 2. The molecule has 1 aliphatic rings. The number of benzene rings is 2. The molecule has 3 aromatic carbocycles. The number of hydrogen-bond acceptors (Lipinski definition) is 8. The number of hydrogen-bond donors (Lipinski definition) is 2. The number of nitrogens with one attached hydrogen (secondary N) is 2. The van der Waals surface area contributed by atoms with Crippen LogP contribution in [0.5, 0.6) is 17.2 Å². The number of amides is 2. The van der Waals surface area contributed by atoms with E-state index in [4.69, 9.17) is 23.4 Å². The van der Waals surface area contributed by atoms with Gasteiger partial charge in [0.15, 0.2) is 17.1 Å². The molecule has 0 saturated heterocycles. The summed E-state index contributed by atoms with van der Waals surface area (Å²) in [5.41, 5.74) is 3.96. The van der Waals surface area contributed by atoms with Crippen molar-refractivity contribution in [1.29, 1.82) is 0 Å². The van der Waals surface area contributed by atoms with Crippen LogP contribution in [0.1, 0.15) is 42.5 Å². The molecule has 0 unspecified atom stereocenters. The van der Waals surface area contributed by atoms with E-state index < -0.39 is 6.04 Å². The smallest absolute Gasteiger partial charge is 0.224 e. The molecule has 1 heterocycles. The molecule has 4 aromatic rings. The Morgan fingerprint density at radius 1 is 0.978 bits per heavy atom. The summed E-state index contributed by atoms with van der Waals surface area (Å²) in [7, 11) is 6.26. The van der Waals surface area contributed by atoms with Gasteiger partial charge in [0.2, 0.25) is 23.0 Å². The van der Waals surface area contributed by atoms with Crippen molar-refractivity contribution in [3.05, 3.63) is 75.4 Å². The van der Waals surface area contributed by atoms with Crippen LogP contribution in [0.4, 0.5) is 0 Å². The van der Waals surface area contributed by atoms with Gasteiger partial charge in [-0.05, 0) is 54.2 Å². The summed E-state index contributed by atoms with van der Waals surface area (Å²) in [6.07, 6.45) is 1.73. The highest BCUT2D eigenvalue weighted by Gasteiger charge is 2.31. The minimum atomic E-state index is -0.475. The number of furan rings is 1. The van der Waals surface area contributed by atoms with Crippen LogP contribution in [0.2, 0.25) is 0 Å². The highest BCUT2D eigenvalue weighted by molar-refractivity contribution is 5.96. The van der Waals surface area contributed by atoms with Gasteiger partial charge in [-0.1, -0.05) is 30.3 Å². The summed E-state index contributed by atoms with van der Waals surface area (Å²) in [4.78, 5) is 39.6. The molecule has 0 spiro atoms. The van der Waals surface area contributed by atoms with E-state index in [1.165, 1.54) is 20.1 Å². The van der Waals surface area contributed by atoms with Gasteiger partial charge in [-0.2, -0.15) is 0 Å². The number of ether oxygens (including phenoxy) is 4.